The van der Waals surface area contributed by atoms with Crippen LogP contribution in [-0.2, 0) is 90.5 Å². The van der Waals surface area contributed by atoms with Crippen LogP contribution in [0.4, 0.5) is 28.8 Å². The zero-order chi connectivity index (χ0) is 96.6. The van der Waals surface area contributed by atoms with Crippen molar-refractivity contribution in [2.75, 3.05) is 85.1 Å². The zero-order valence-electron chi connectivity index (χ0n) is 82.4. The van der Waals surface area contributed by atoms with Gasteiger partial charge in [-0.05, 0) is 201 Å². The van der Waals surface area contributed by atoms with Crippen molar-refractivity contribution in [1.29, 1.82) is 0 Å². The zero-order valence-corrected chi connectivity index (χ0v) is 82.4. The quantitative estimate of drug-likeness (QED) is 0.0214. The highest BCUT2D eigenvalue weighted by molar-refractivity contribution is 5.88. The predicted octanol–water partition coefficient (Wildman–Crippen LogP) is 16.3. The van der Waals surface area contributed by atoms with E-state index in [1.165, 1.54) is 12.8 Å². The lowest BCUT2D eigenvalue weighted by molar-refractivity contribution is -0.203. The first-order valence-corrected chi connectivity index (χ1v) is 46.6. The Morgan fingerprint density at radius 1 is 0.299 bits per heavy atom. The number of alkyl carbamates (subject to hydrolysis) is 2. The minimum Gasteiger partial charge on any atom is -0.462 e. The minimum absolute atomic E-state index is 0.142. The average Bonchev–Trinajstić information content (AvgIpc) is 0.815. The number of nitrogens with zero attached hydrogens (tertiary/aromatic N) is 4. The summed E-state index contributed by atoms with van der Waals surface area (Å²) in [6, 6.07) is -0.700. The van der Waals surface area contributed by atoms with E-state index >= 15 is 0 Å². The average molecular weight is 1810 g/mol. The first-order valence-electron chi connectivity index (χ1n) is 46.6. The lowest BCUT2D eigenvalue weighted by atomic mass is 9.98. The van der Waals surface area contributed by atoms with Crippen molar-refractivity contribution >= 4 is 84.1 Å². The number of carbonyl (C=O) groups is 14. The number of unbranched alkanes of at least 4 members (excludes halogenated alkanes) is 20. The van der Waals surface area contributed by atoms with Crippen LogP contribution >= 0.6 is 0 Å². The van der Waals surface area contributed by atoms with E-state index in [0.717, 1.165) is 131 Å². The molecule has 127 heavy (non-hydrogen) atoms. The van der Waals surface area contributed by atoms with Gasteiger partial charge >= 0.3 is 66.4 Å². The molecule has 0 saturated heterocycles. The van der Waals surface area contributed by atoms with Gasteiger partial charge in [-0.1, -0.05) is 122 Å². The molecule has 0 aromatic heterocycles. The number of amides is 9. The van der Waals surface area contributed by atoms with Crippen molar-refractivity contribution in [2.24, 2.45) is 5.92 Å². The van der Waals surface area contributed by atoms with E-state index in [4.69, 9.17) is 52.1 Å². The SMILES string of the molecule is CCCCCCCCCCC(NC(=O)CCCCCCCCCCCNC(=O)[C@@H](OC(C)=O)[C@H](OC(C)=O)[C@@H](OC(C)=O)[C@H](COC(C)=O)OC(C)=O)C(=O)NCCCCCCC(CN(CCCCN(CCCNC(=O)OC(C)(C)C)C(=O)OC(C)(C)C)C(=O)OC(C)(C)C)CN(CCCCN(CCCNC(=O)OC(C)(C)C)C(=O)OC(C)(C)C)C(=O)OC(C)(C)C. The van der Waals surface area contributed by atoms with Crippen LogP contribution in [0.2, 0.25) is 0 Å². The molecule has 5 atom stereocenters. The Labute approximate surface area is 760 Å². The summed E-state index contributed by atoms with van der Waals surface area (Å²) in [5.74, 6) is -6.08. The second kappa shape index (κ2) is 63.4. The minimum atomic E-state index is -1.87. The van der Waals surface area contributed by atoms with Crippen LogP contribution in [0, 0.1) is 5.92 Å². The highest BCUT2D eigenvalue weighted by atomic mass is 16.6. The van der Waals surface area contributed by atoms with Gasteiger partial charge in [0.1, 0.15) is 46.3 Å². The molecule has 0 aliphatic carbocycles. The summed E-state index contributed by atoms with van der Waals surface area (Å²) in [5, 5.41) is 14.4. The molecule has 736 valence electrons. The number of ether oxygens (including phenoxy) is 11. The predicted molar refractivity (Wildman–Crippen MR) is 484 cm³/mol. The fraction of sp³-hybridized carbons (Fsp3) is 0.849. The second-order valence-corrected chi connectivity index (χ2v) is 38.9. The van der Waals surface area contributed by atoms with Crippen LogP contribution in [-0.4, -0.2) is 253 Å². The van der Waals surface area contributed by atoms with E-state index in [1.807, 2.05) is 0 Å². The molecule has 34 nitrogen and oxygen atoms in total. The molecule has 0 spiro atoms. The highest BCUT2D eigenvalue weighted by Crippen LogP contribution is 2.26. The summed E-state index contributed by atoms with van der Waals surface area (Å²) in [6.45, 7) is 41.9. The number of nitrogens with one attached hydrogen (secondary N) is 5. The summed E-state index contributed by atoms with van der Waals surface area (Å²) >= 11 is 0. The summed E-state index contributed by atoms with van der Waals surface area (Å²) in [7, 11) is 0. The molecule has 0 rings (SSSR count). The Hall–Kier alpha value is -8.62. The first-order chi connectivity index (χ1) is 59.1. The molecule has 0 saturated carbocycles. The van der Waals surface area contributed by atoms with Crippen LogP contribution in [0.5, 0.6) is 0 Å². The van der Waals surface area contributed by atoms with Gasteiger partial charge in [0.25, 0.3) is 5.91 Å². The molecular weight excluding hydrogens is 1640 g/mol. The largest absolute Gasteiger partial charge is 0.462 e. The molecule has 0 bridgehead atoms. The number of esters is 5. The molecule has 5 N–H and O–H groups in total. The Morgan fingerprint density at radius 2 is 0.614 bits per heavy atom. The van der Waals surface area contributed by atoms with Gasteiger partial charge in [-0.15, -0.1) is 0 Å². The summed E-state index contributed by atoms with van der Waals surface area (Å²) in [4.78, 5) is 190. The van der Waals surface area contributed by atoms with Gasteiger partial charge in [-0.3, -0.25) is 38.4 Å². The van der Waals surface area contributed by atoms with Crippen molar-refractivity contribution in [3.63, 3.8) is 0 Å². The normalized spacial score (nSPS) is 13.0. The number of rotatable bonds is 62. The van der Waals surface area contributed by atoms with Crippen LogP contribution in [0.25, 0.3) is 0 Å². The van der Waals surface area contributed by atoms with Crippen LogP contribution in [0.3, 0.4) is 0 Å². The molecule has 0 aromatic carbocycles. The number of hydrogen-bond donors (Lipinski definition) is 5. The first kappa shape index (κ1) is 118. The van der Waals surface area contributed by atoms with Gasteiger partial charge in [0.15, 0.2) is 18.3 Å². The van der Waals surface area contributed by atoms with Gasteiger partial charge in [0, 0.05) is 120 Å². The van der Waals surface area contributed by atoms with E-state index in [2.05, 4.69) is 33.5 Å². The topological polar surface area (TPSA) is 414 Å². The fourth-order valence-corrected chi connectivity index (χ4v) is 13.4. The maximum Gasteiger partial charge on any atom is 0.410 e. The monoisotopic (exact) mass is 1810 g/mol. The standard InChI is InChI=1S/C93H169N9O25/c1-25-26-27-28-29-33-36-42-53-74(98-76(108)54-43-37-34-31-30-32-35-39-44-56-95-81(110)79(121-72(6)107)78(120-71(5)106)77(119-70(4)105)75(118-69(3)104)67-117-68(2)103)80(109)94-55-45-40-38-41-52-73(65-101(86(115)126-92(19,20)21)61-48-46-59-99(84(113)124-90(13,14)15)63-50-57-96-82(111)122-88(7,8)9)66-102(87(116)127-93(22,23)24)62-49-47-60-100(85(114)125-91(16,17)18)64-51-58-97-83(112)123-89(10,11)12/h73-75,77-79H,25-67H2,1-24H3,(H,94,109)(H,95,110)(H,96,111)(H,97,112)(H,98,108)/t74?,75-,77-,78+,79-/m0/s1. The van der Waals surface area contributed by atoms with E-state index in [1.54, 1.807) is 144 Å². The number of carbonyl (C=O) groups excluding carboxylic acids is 14. The van der Waals surface area contributed by atoms with Gasteiger partial charge < -0.3 is 98.3 Å². The number of hydrogen-bond acceptors (Lipinski definition) is 25. The molecule has 34 heteroatoms. The van der Waals surface area contributed by atoms with Crippen molar-refractivity contribution in [2.45, 2.75) is 423 Å². The Bertz CT molecular complexity index is 3130. The third kappa shape index (κ3) is 66.4. The molecule has 1 unspecified atom stereocenters. The van der Waals surface area contributed by atoms with E-state index in [0.29, 0.717) is 83.6 Å². The van der Waals surface area contributed by atoms with E-state index < -0.39 is 143 Å². The molecule has 0 fully saturated rings. The highest BCUT2D eigenvalue weighted by Gasteiger charge is 2.47. The lowest BCUT2D eigenvalue weighted by Crippen LogP contribution is -2.57. The van der Waals surface area contributed by atoms with E-state index in [-0.39, 0.29) is 96.1 Å². The lowest BCUT2D eigenvalue weighted by Gasteiger charge is -2.34. The summed E-state index contributed by atoms with van der Waals surface area (Å²) in [6.07, 6.45) is 12.4. The van der Waals surface area contributed by atoms with Crippen LogP contribution in [0.1, 0.15) is 359 Å². The third-order valence-electron chi connectivity index (χ3n) is 19.0. The molecule has 0 aliphatic rings. The van der Waals surface area contributed by atoms with Gasteiger partial charge in [-0.2, -0.15) is 0 Å². The van der Waals surface area contributed by atoms with Crippen molar-refractivity contribution < 1.29 is 119 Å². The molecule has 0 heterocycles. The van der Waals surface area contributed by atoms with Crippen molar-refractivity contribution in [1.82, 2.24) is 46.2 Å². The Kier molecular flexibility index (Phi) is 59.1. The smallest absolute Gasteiger partial charge is 0.410 e. The van der Waals surface area contributed by atoms with E-state index in [9.17, 15) is 67.1 Å². The molecule has 9 amide bonds. The van der Waals surface area contributed by atoms with Crippen molar-refractivity contribution in [3.05, 3.63) is 0 Å². The molecular formula is C93H169N9O25. The molecule has 0 aromatic rings. The Balaban J connectivity index is 6.62. The maximum atomic E-state index is 14.5. The van der Waals surface area contributed by atoms with Crippen molar-refractivity contribution in [3.8, 4) is 0 Å². The van der Waals surface area contributed by atoms with Gasteiger partial charge in [-0.25, -0.2) is 28.8 Å². The third-order valence-corrected chi connectivity index (χ3v) is 19.0. The van der Waals surface area contributed by atoms with Gasteiger partial charge in [0.2, 0.25) is 17.9 Å². The van der Waals surface area contributed by atoms with Gasteiger partial charge in [0.05, 0.1) is 0 Å². The summed E-state index contributed by atoms with van der Waals surface area (Å²) in [5.41, 5.74) is -4.67. The second-order valence-electron chi connectivity index (χ2n) is 38.9. The van der Waals surface area contributed by atoms with Crippen LogP contribution in [0.15, 0.2) is 0 Å². The molecule has 0 radical (unpaired) electrons. The summed E-state index contributed by atoms with van der Waals surface area (Å²) < 4.78 is 61.0. The Morgan fingerprint density at radius 3 is 0.984 bits per heavy atom. The van der Waals surface area contributed by atoms with Crippen LogP contribution < -0.4 is 26.6 Å². The molecule has 0 aliphatic heterocycles. The fourth-order valence-electron chi connectivity index (χ4n) is 13.4. The maximum absolute atomic E-state index is 14.5.